The molecular weight excluding hydrogens is 162 g/mol. The maximum Gasteiger partial charge on any atom is 0.0575 e. The topological polar surface area (TPSA) is 32.3 Å². The van der Waals surface area contributed by atoms with Crippen LogP contribution in [0.15, 0.2) is 0 Å². The summed E-state index contributed by atoms with van der Waals surface area (Å²) in [7, 11) is 0. The Balaban J connectivity index is 2.73. The van der Waals surface area contributed by atoms with Crippen LogP contribution in [0.25, 0.3) is 0 Å². The number of nitrogens with one attached hydrogen (secondary N) is 1. The van der Waals surface area contributed by atoms with Gasteiger partial charge in [-0.05, 0) is 39.5 Å². The van der Waals surface area contributed by atoms with Gasteiger partial charge < -0.3 is 10.4 Å². The maximum absolute atomic E-state index is 9.80. The highest BCUT2D eigenvalue weighted by atomic mass is 16.3. The summed E-state index contributed by atoms with van der Waals surface area (Å²) < 4.78 is 0. The molecule has 2 heteroatoms. The average molecular weight is 185 g/mol. The van der Waals surface area contributed by atoms with Crippen molar-refractivity contribution >= 4 is 0 Å². The van der Waals surface area contributed by atoms with E-state index in [0.717, 1.165) is 25.7 Å². The second kappa shape index (κ2) is 3.58. The van der Waals surface area contributed by atoms with E-state index in [9.17, 15) is 5.11 Å². The molecule has 1 heterocycles. The van der Waals surface area contributed by atoms with Gasteiger partial charge in [0.15, 0.2) is 0 Å². The molecule has 2 atom stereocenters. The normalized spacial score (nSPS) is 46.4. The van der Waals surface area contributed by atoms with Gasteiger partial charge in [0, 0.05) is 11.1 Å². The summed E-state index contributed by atoms with van der Waals surface area (Å²) in [6, 6.07) is 0. The minimum atomic E-state index is -0.129. The van der Waals surface area contributed by atoms with Crippen LogP contribution in [0.4, 0.5) is 0 Å². The van der Waals surface area contributed by atoms with E-state index in [4.69, 9.17) is 0 Å². The molecule has 0 bridgehead atoms. The summed E-state index contributed by atoms with van der Waals surface area (Å²) >= 11 is 0. The van der Waals surface area contributed by atoms with E-state index in [2.05, 4.69) is 33.0 Å². The number of rotatable bonds is 2. The summed E-state index contributed by atoms with van der Waals surface area (Å²) in [6.07, 6.45) is 3.81. The molecule has 1 aliphatic heterocycles. The van der Waals surface area contributed by atoms with E-state index in [1.54, 1.807) is 0 Å². The number of hydrogen-bond donors (Lipinski definition) is 2. The maximum atomic E-state index is 9.80. The van der Waals surface area contributed by atoms with Crippen LogP contribution in [0.1, 0.15) is 53.4 Å². The Kier molecular flexibility index (Phi) is 3.03. The van der Waals surface area contributed by atoms with E-state index in [1.165, 1.54) is 0 Å². The predicted octanol–water partition coefficient (Wildman–Crippen LogP) is 2.07. The van der Waals surface area contributed by atoms with Gasteiger partial charge in [0.25, 0.3) is 0 Å². The van der Waals surface area contributed by atoms with Crippen LogP contribution in [0.3, 0.4) is 0 Å². The largest absolute Gasteiger partial charge is 0.393 e. The Hall–Kier alpha value is -0.0800. The van der Waals surface area contributed by atoms with Gasteiger partial charge in [-0.25, -0.2) is 0 Å². The molecule has 1 fully saturated rings. The molecule has 0 aromatic heterocycles. The van der Waals surface area contributed by atoms with Crippen molar-refractivity contribution in [3.05, 3.63) is 0 Å². The first-order valence-corrected chi connectivity index (χ1v) is 5.40. The molecule has 0 aliphatic carbocycles. The van der Waals surface area contributed by atoms with E-state index < -0.39 is 0 Å². The lowest BCUT2D eigenvalue weighted by molar-refractivity contribution is 0.0229. The van der Waals surface area contributed by atoms with Crippen molar-refractivity contribution in [2.75, 3.05) is 0 Å². The lowest BCUT2D eigenvalue weighted by Crippen LogP contribution is -2.61. The van der Waals surface area contributed by atoms with Crippen LogP contribution >= 0.6 is 0 Å². The third kappa shape index (κ3) is 2.44. The van der Waals surface area contributed by atoms with Gasteiger partial charge in [-0.2, -0.15) is 0 Å². The Morgan fingerprint density at radius 1 is 1.15 bits per heavy atom. The molecule has 0 saturated carbocycles. The molecule has 1 aliphatic rings. The van der Waals surface area contributed by atoms with Crippen LogP contribution in [0.5, 0.6) is 0 Å². The molecule has 0 radical (unpaired) electrons. The van der Waals surface area contributed by atoms with Crippen LogP contribution in [0, 0.1) is 0 Å². The zero-order chi connectivity index (χ0) is 10.1. The zero-order valence-electron chi connectivity index (χ0n) is 9.35. The molecule has 1 rings (SSSR count). The highest BCUT2D eigenvalue weighted by molar-refractivity contribution is 5.00. The molecule has 0 spiro atoms. The van der Waals surface area contributed by atoms with Gasteiger partial charge in [0.05, 0.1) is 6.10 Å². The van der Waals surface area contributed by atoms with Crippen LogP contribution in [-0.2, 0) is 0 Å². The van der Waals surface area contributed by atoms with Crippen LogP contribution < -0.4 is 5.32 Å². The number of hydrogen-bond acceptors (Lipinski definition) is 2. The third-order valence-corrected chi connectivity index (χ3v) is 3.54. The van der Waals surface area contributed by atoms with Crippen molar-refractivity contribution < 1.29 is 5.11 Å². The summed E-state index contributed by atoms with van der Waals surface area (Å²) in [4.78, 5) is 0. The first-order valence-electron chi connectivity index (χ1n) is 5.40. The van der Waals surface area contributed by atoms with Crippen molar-refractivity contribution in [2.45, 2.75) is 70.6 Å². The highest BCUT2D eigenvalue weighted by Gasteiger charge is 2.40. The molecule has 2 N–H and O–H groups in total. The number of aliphatic hydroxyl groups is 1. The molecular formula is C11H23NO. The fourth-order valence-electron chi connectivity index (χ4n) is 2.41. The molecule has 78 valence electrons. The zero-order valence-corrected chi connectivity index (χ0v) is 9.35. The second-order valence-electron chi connectivity index (χ2n) is 5.02. The van der Waals surface area contributed by atoms with Gasteiger partial charge >= 0.3 is 0 Å². The van der Waals surface area contributed by atoms with Gasteiger partial charge in [-0.1, -0.05) is 13.8 Å². The van der Waals surface area contributed by atoms with Gasteiger partial charge in [0.1, 0.15) is 0 Å². The van der Waals surface area contributed by atoms with E-state index in [0.29, 0.717) is 0 Å². The quantitative estimate of drug-likeness (QED) is 0.690. The van der Waals surface area contributed by atoms with Gasteiger partial charge in [-0.15, -0.1) is 0 Å². The van der Waals surface area contributed by atoms with Crippen molar-refractivity contribution in [3.8, 4) is 0 Å². The van der Waals surface area contributed by atoms with E-state index in [-0.39, 0.29) is 17.2 Å². The second-order valence-corrected chi connectivity index (χ2v) is 5.02. The van der Waals surface area contributed by atoms with Crippen LogP contribution in [0.2, 0.25) is 0 Å². The van der Waals surface area contributed by atoms with Gasteiger partial charge in [0.2, 0.25) is 0 Å². The molecule has 1 saturated heterocycles. The Labute approximate surface area is 81.7 Å². The third-order valence-electron chi connectivity index (χ3n) is 3.54. The monoisotopic (exact) mass is 185 g/mol. The van der Waals surface area contributed by atoms with Crippen molar-refractivity contribution in [3.63, 3.8) is 0 Å². The summed E-state index contributed by atoms with van der Waals surface area (Å²) in [6.45, 7) is 8.79. The number of piperidine rings is 1. The average Bonchev–Trinajstić information content (AvgIpc) is 2.02. The van der Waals surface area contributed by atoms with E-state index >= 15 is 0 Å². The lowest BCUT2D eigenvalue weighted by Gasteiger charge is -2.48. The highest BCUT2D eigenvalue weighted by Crippen LogP contribution is 2.32. The summed E-state index contributed by atoms with van der Waals surface area (Å²) in [5, 5.41) is 13.5. The fourth-order valence-corrected chi connectivity index (χ4v) is 2.41. The van der Waals surface area contributed by atoms with E-state index in [1.807, 2.05) is 0 Å². The molecule has 0 aromatic rings. The van der Waals surface area contributed by atoms with Crippen LogP contribution in [-0.4, -0.2) is 22.3 Å². The van der Waals surface area contributed by atoms with Crippen molar-refractivity contribution in [1.29, 1.82) is 0 Å². The molecule has 2 nitrogen and oxygen atoms in total. The molecule has 0 amide bonds. The summed E-state index contributed by atoms with van der Waals surface area (Å²) in [5.74, 6) is 0. The molecule has 2 unspecified atom stereocenters. The summed E-state index contributed by atoms with van der Waals surface area (Å²) in [5.41, 5.74) is 0.255. The Morgan fingerprint density at radius 2 is 1.54 bits per heavy atom. The Bertz CT molecular complexity index is 165. The molecule has 13 heavy (non-hydrogen) atoms. The lowest BCUT2D eigenvalue weighted by atomic mass is 9.77. The first-order chi connectivity index (χ1) is 5.93. The Morgan fingerprint density at radius 3 is 1.85 bits per heavy atom. The predicted molar refractivity (Wildman–Crippen MR) is 55.8 cm³/mol. The van der Waals surface area contributed by atoms with Crippen molar-refractivity contribution in [1.82, 2.24) is 5.32 Å². The smallest absolute Gasteiger partial charge is 0.0575 e. The van der Waals surface area contributed by atoms with Crippen molar-refractivity contribution in [2.24, 2.45) is 0 Å². The standard InChI is InChI=1S/C11H23NO/c1-5-10(3)7-9(13)8-11(4,6-2)12-10/h9,12-13H,5-8H2,1-4H3. The SMILES string of the molecule is CCC1(C)CC(O)CC(C)(CC)N1. The van der Waals surface area contributed by atoms with Gasteiger partial charge in [-0.3, -0.25) is 0 Å². The number of aliphatic hydroxyl groups excluding tert-OH is 1. The first kappa shape index (κ1) is 11.0. The fraction of sp³-hybridized carbons (Fsp3) is 1.00. The minimum Gasteiger partial charge on any atom is -0.393 e. The minimum absolute atomic E-state index is 0.127. The molecule has 0 aromatic carbocycles.